The second-order valence-corrected chi connectivity index (χ2v) is 3.87. The quantitative estimate of drug-likeness (QED) is 0.816. The molecule has 8 heteroatoms. The molecule has 0 saturated heterocycles. The summed E-state index contributed by atoms with van der Waals surface area (Å²) in [6.45, 7) is 0. The number of nitrogens with one attached hydrogen (secondary N) is 1. The van der Waals surface area contributed by atoms with Crippen LogP contribution in [0, 0.1) is 0 Å². The van der Waals surface area contributed by atoms with Gasteiger partial charge < -0.3 is 4.74 Å². The molecule has 0 aliphatic heterocycles. The van der Waals surface area contributed by atoms with Gasteiger partial charge in [-0.05, 0) is 6.26 Å². The molecule has 0 amide bonds. The van der Waals surface area contributed by atoms with Crippen LogP contribution >= 0.6 is 11.8 Å². The molecule has 2 aromatic heterocycles. The lowest BCUT2D eigenvalue weighted by Crippen LogP contribution is -2.00. The lowest BCUT2D eigenvalue weighted by molar-refractivity contribution is 0.397. The van der Waals surface area contributed by atoms with Crippen LogP contribution in [0.5, 0.6) is 5.88 Å². The highest BCUT2D eigenvalue weighted by Crippen LogP contribution is 2.16. The summed E-state index contributed by atoms with van der Waals surface area (Å²) >= 11 is 1.52. The van der Waals surface area contributed by atoms with E-state index in [1.807, 2.05) is 13.3 Å². The first-order chi connectivity index (χ1) is 8.22. The van der Waals surface area contributed by atoms with E-state index in [1.165, 1.54) is 11.8 Å². The average molecular weight is 252 g/mol. The summed E-state index contributed by atoms with van der Waals surface area (Å²) in [5.74, 6) is 1.36. The minimum Gasteiger partial charge on any atom is -0.481 e. The molecule has 0 fully saturated rings. The molecule has 7 nitrogen and oxygen atoms in total. The maximum Gasteiger partial charge on any atom is 0.249 e. The average Bonchev–Trinajstić information content (AvgIpc) is 2.69. The summed E-state index contributed by atoms with van der Waals surface area (Å²) < 4.78 is 6.69. The van der Waals surface area contributed by atoms with Gasteiger partial charge in [-0.25, -0.2) is 9.67 Å². The first kappa shape index (κ1) is 11.6. The first-order valence-corrected chi connectivity index (χ1v) is 6.04. The van der Waals surface area contributed by atoms with Crippen molar-refractivity contribution in [1.29, 1.82) is 0 Å². The van der Waals surface area contributed by atoms with Crippen LogP contribution in [-0.4, -0.2) is 38.1 Å². The molecule has 0 saturated carbocycles. The number of rotatable bonds is 4. The van der Waals surface area contributed by atoms with Crippen molar-refractivity contribution in [3.8, 4) is 5.88 Å². The zero-order chi connectivity index (χ0) is 12.3. The fraction of sp³-hybridized carbons (Fsp3) is 0.333. The van der Waals surface area contributed by atoms with E-state index in [9.17, 15) is 0 Å². The maximum atomic E-state index is 5.00. The molecular weight excluding hydrogens is 240 g/mol. The van der Waals surface area contributed by atoms with Gasteiger partial charge in [0.25, 0.3) is 0 Å². The zero-order valence-electron chi connectivity index (χ0n) is 9.71. The third kappa shape index (κ3) is 2.64. The fourth-order valence-electron chi connectivity index (χ4n) is 1.22. The smallest absolute Gasteiger partial charge is 0.249 e. The number of aromatic nitrogens is 5. The van der Waals surface area contributed by atoms with E-state index in [0.29, 0.717) is 17.8 Å². The molecule has 0 bridgehead atoms. The third-order valence-corrected chi connectivity index (χ3v) is 2.69. The number of hydrogen-bond acceptors (Lipinski definition) is 7. The van der Waals surface area contributed by atoms with Crippen molar-refractivity contribution < 1.29 is 4.74 Å². The summed E-state index contributed by atoms with van der Waals surface area (Å²) in [4.78, 5) is 12.4. The van der Waals surface area contributed by atoms with Crippen molar-refractivity contribution in [3.63, 3.8) is 0 Å². The van der Waals surface area contributed by atoms with E-state index in [2.05, 4.69) is 25.4 Å². The Morgan fingerprint density at radius 3 is 2.82 bits per heavy atom. The minimum atomic E-state index is 0.405. The predicted molar refractivity (Wildman–Crippen MR) is 64.7 cm³/mol. The highest BCUT2D eigenvalue weighted by Gasteiger charge is 2.07. The van der Waals surface area contributed by atoms with Gasteiger partial charge in [0.1, 0.15) is 0 Å². The van der Waals surface area contributed by atoms with Gasteiger partial charge in [-0.15, -0.1) is 5.10 Å². The predicted octanol–water partition coefficient (Wildman–Crippen LogP) is 1.08. The van der Waals surface area contributed by atoms with Crippen molar-refractivity contribution in [3.05, 3.63) is 12.3 Å². The van der Waals surface area contributed by atoms with Gasteiger partial charge in [0, 0.05) is 19.3 Å². The van der Waals surface area contributed by atoms with Gasteiger partial charge >= 0.3 is 0 Å². The summed E-state index contributed by atoms with van der Waals surface area (Å²) in [6, 6.07) is 1.67. The number of aryl methyl sites for hydroxylation is 1. The molecule has 0 aliphatic rings. The number of hydrogen-bond donors (Lipinski definition) is 1. The molecule has 0 atom stereocenters. The van der Waals surface area contributed by atoms with E-state index < -0.39 is 0 Å². The summed E-state index contributed by atoms with van der Waals surface area (Å²) in [5, 5.41) is 7.92. The van der Waals surface area contributed by atoms with E-state index in [-0.39, 0.29) is 0 Å². The summed E-state index contributed by atoms with van der Waals surface area (Å²) in [6.07, 6.45) is 3.54. The Hall–Kier alpha value is -1.83. The Morgan fingerprint density at radius 1 is 1.35 bits per heavy atom. The van der Waals surface area contributed by atoms with E-state index in [1.54, 1.807) is 24.1 Å². The number of nitrogens with zero attached hydrogens (tertiary/aromatic N) is 5. The molecule has 0 unspecified atom stereocenters. The van der Waals surface area contributed by atoms with Gasteiger partial charge in [0.2, 0.25) is 17.8 Å². The van der Waals surface area contributed by atoms with Crippen molar-refractivity contribution in [2.45, 2.75) is 5.16 Å². The van der Waals surface area contributed by atoms with Crippen LogP contribution in [0.2, 0.25) is 0 Å². The van der Waals surface area contributed by atoms with Gasteiger partial charge in [0.15, 0.2) is 5.16 Å². The molecule has 90 valence electrons. The molecule has 2 rings (SSSR count). The highest BCUT2D eigenvalue weighted by molar-refractivity contribution is 7.98. The Balaban J connectivity index is 2.18. The molecular formula is C9H12N6OS. The van der Waals surface area contributed by atoms with Crippen LogP contribution in [0.15, 0.2) is 17.4 Å². The third-order valence-electron chi connectivity index (χ3n) is 1.97. The number of anilines is 2. The molecule has 17 heavy (non-hydrogen) atoms. The first-order valence-electron chi connectivity index (χ1n) is 4.82. The standard InChI is InChI=1S/C9H12N6OS/c1-15-9(17-3)13-8(14-15)12-7-10-5-4-6(11-7)16-2/h4-5H,1-3H3,(H,10,11,12,14). The van der Waals surface area contributed by atoms with Crippen LogP contribution in [0.25, 0.3) is 0 Å². The molecule has 0 aliphatic carbocycles. The van der Waals surface area contributed by atoms with Crippen LogP contribution < -0.4 is 10.1 Å². The molecule has 0 spiro atoms. The fourth-order valence-corrected chi connectivity index (χ4v) is 1.70. The monoisotopic (exact) mass is 252 g/mol. The summed E-state index contributed by atoms with van der Waals surface area (Å²) in [7, 11) is 3.38. The molecule has 1 N–H and O–H groups in total. The Morgan fingerprint density at radius 2 is 2.18 bits per heavy atom. The lowest BCUT2D eigenvalue weighted by Gasteiger charge is -2.01. The molecule has 0 radical (unpaired) electrons. The van der Waals surface area contributed by atoms with Gasteiger partial charge in [-0.1, -0.05) is 11.8 Å². The van der Waals surface area contributed by atoms with E-state index in [4.69, 9.17) is 4.74 Å². The van der Waals surface area contributed by atoms with Crippen LogP contribution in [0.3, 0.4) is 0 Å². The Kier molecular flexibility index (Phi) is 3.43. The van der Waals surface area contributed by atoms with Crippen LogP contribution in [0.4, 0.5) is 11.9 Å². The van der Waals surface area contributed by atoms with Crippen molar-refractivity contribution in [2.75, 3.05) is 18.7 Å². The van der Waals surface area contributed by atoms with E-state index >= 15 is 0 Å². The van der Waals surface area contributed by atoms with Crippen molar-refractivity contribution in [2.24, 2.45) is 7.05 Å². The molecule has 0 aromatic carbocycles. The second kappa shape index (κ2) is 5.00. The Bertz CT molecular complexity index is 514. The van der Waals surface area contributed by atoms with Crippen LogP contribution in [0.1, 0.15) is 0 Å². The van der Waals surface area contributed by atoms with Gasteiger partial charge in [-0.3, -0.25) is 5.32 Å². The van der Waals surface area contributed by atoms with Crippen molar-refractivity contribution >= 4 is 23.7 Å². The van der Waals surface area contributed by atoms with E-state index in [0.717, 1.165) is 5.16 Å². The molecule has 2 heterocycles. The number of methoxy groups -OCH3 is 1. The topological polar surface area (TPSA) is 77.8 Å². The van der Waals surface area contributed by atoms with Crippen molar-refractivity contribution in [1.82, 2.24) is 24.7 Å². The SMILES string of the molecule is COc1ccnc(Nc2nc(SC)n(C)n2)n1. The highest BCUT2D eigenvalue weighted by atomic mass is 32.2. The van der Waals surface area contributed by atoms with Gasteiger partial charge in [-0.2, -0.15) is 9.97 Å². The number of thioether (sulfide) groups is 1. The zero-order valence-corrected chi connectivity index (χ0v) is 10.5. The number of ether oxygens (including phenoxy) is 1. The van der Waals surface area contributed by atoms with Crippen LogP contribution in [-0.2, 0) is 7.05 Å². The largest absolute Gasteiger partial charge is 0.481 e. The maximum absolute atomic E-state index is 5.00. The minimum absolute atomic E-state index is 0.405. The normalized spacial score (nSPS) is 10.3. The molecule has 2 aromatic rings. The summed E-state index contributed by atoms with van der Waals surface area (Å²) in [5.41, 5.74) is 0. The van der Waals surface area contributed by atoms with Gasteiger partial charge in [0.05, 0.1) is 7.11 Å². The Labute approximate surface area is 103 Å². The lowest BCUT2D eigenvalue weighted by atomic mass is 10.6. The second-order valence-electron chi connectivity index (χ2n) is 3.09.